The Morgan fingerprint density at radius 1 is 1.21 bits per heavy atom. The van der Waals surface area contributed by atoms with Crippen LogP contribution in [0.25, 0.3) is 0 Å². The topological polar surface area (TPSA) is 79.8 Å². The number of thioether (sulfide) groups is 1. The molecule has 1 aromatic carbocycles. The van der Waals surface area contributed by atoms with Crippen molar-refractivity contribution in [3.05, 3.63) is 58.7 Å². The maximum absolute atomic E-state index is 12.6. The third-order valence-electron chi connectivity index (χ3n) is 3.45. The van der Waals surface area contributed by atoms with E-state index in [0.717, 1.165) is 17.3 Å². The molecule has 29 heavy (non-hydrogen) atoms. The van der Waals surface area contributed by atoms with Crippen LogP contribution in [0.2, 0.25) is 5.02 Å². The minimum Gasteiger partial charge on any atom is -0.356 e. The first-order valence-electron chi connectivity index (χ1n) is 8.08. The van der Waals surface area contributed by atoms with E-state index >= 15 is 0 Å². The summed E-state index contributed by atoms with van der Waals surface area (Å²) in [6, 6.07) is 10.5. The van der Waals surface area contributed by atoms with Crippen molar-refractivity contribution in [2.24, 2.45) is 0 Å². The van der Waals surface area contributed by atoms with E-state index in [1.807, 2.05) is 30.3 Å². The summed E-state index contributed by atoms with van der Waals surface area (Å²) in [4.78, 5) is 15.6. The van der Waals surface area contributed by atoms with Gasteiger partial charge in [0, 0.05) is 12.7 Å². The third-order valence-corrected chi connectivity index (χ3v) is 5.75. The summed E-state index contributed by atoms with van der Waals surface area (Å²) in [5, 5.41) is 13.8. The van der Waals surface area contributed by atoms with E-state index in [1.54, 1.807) is 0 Å². The Morgan fingerprint density at radius 3 is 2.66 bits per heavy atom. The van der Waals surface area contributed by atoms with E-state index < -0.39 is 17.6 Å². The molecule has 2 N–H and O–H groups in total. The lowest BCUT2D eigenvalue weighted by molar-refractivity contribution is -0.137. The van der Waals surface area contributed by atoms with Crippen molar-refractivity contribution in [3.63, 3.8) is 0 Å². The van der Waals surface area contributed by atoms with Gasteiger partial charge in [0.2, 0.25) is 11.0 Å². The van der Waals surface area contributed by atoms with E-state index in [2.05, 4.69) is 25.8 Å². The van der Waals surface area contributed by atoms with Crippen LogP contribution in [0, 0.1) is 0 Å². The van der Waals surface area contributed by atoms with Crippen molar-refractivity contribution < 1.29 is 18.0 Å². The molecular weight excluding hydrogens is 447 g/mol. The summed E-state index contributed by atoms with van der Waals surface area (Å²) in [6.07, 6.45) is -3.94. The van der Waals surface area contributed by atoms with E-state index in [9.17, 15) is 18.0 Å². The number of rotatable bonds is 7. The van der Waals surface area contributed by atoms with Crippen molar-refractivity contribution in [1.29, 1.82) is 0 Å². The van der Waals surface area contributed by atoms with Crippen LogP contribution in [-0.4, -0.2) is 26.8 Å². The maximum Gasteiger partial charge on any atom is 0.417 e. The SMILES string of the molecule is O=C(CSc1nnc(NCc2ccccc2)s1)Nc1ncc(C(F)(F)F)cc1Cl. The normalized spacial score (nSPS) is 11.3. The van der Waals surface area contributed by atoms with Gasteiger partial charge in [-0.2, -0.15) is 13.2 Å². The number of alkyl halides is 3. The van der Waals surface area contributed by atoms with Gasteiger partial charge in [-0.25, -0.2) is 4.98 Å². The number of nitrogens with one attached hydrogen (secondary N) is 2. The second kappa shape index (κ2) is 9.42. The van der Waals surface area contributed by atoms with Crippen molar-refractivity contribution in [3.8, 4) is 0 Å². The highest BCUT2D eigenvalue weighted by Crippen LogP contribution is 2.32. The molecule has 2 aromatic heterocycles. The highest BCUT2D eigenvalue weighted by atomic mass is 35.5. The molecule has 152 valence electrons. The largest absolute Gasteiger partial charge is 0.417 e. The lowest BCUT2D eigenvalue weighted by Gasteiger charge is -2.09. The average Bonchev–Trinajstić information content (AvgIpc) is 3.14. The molecule has 0 aliphatic heterocycles. The number of amides is 1. The van der Waals surface area contributed by atoms with Gasteiger partial charge in [-0.1, -0.05) is 65.0 Å². The molecule has 0 bridgehead atoms. The molecule has 12 heteroatoms. The number of carbonyl (C=O) groups is 1. The Kier molecular flexibility index (Phi) is 6.93. The predicted molar refractivity (Wildman–Crippen MR) is 107 cm³/mol. The molecule has 0 aliphatic rings. The molecule has 0 aliphatic carbocycles. The molecule has 0 unspecified atom stereocenters. The summed E-state index contributed by atoms with van der Waals surface area (Å²) in [5.41, 5.74) is 0.108. The third kappa shape index (κ3) is 6.31. The Morgan fingerprint density at radius 2 is 1.97 bits per heavy atom. The quantitative estimate of drug-likeness (QED) is 0.487. The number of nitrogens with zero attached hydrogens (tertiary/aromatic N) is 3. The van der Waals surface area contributed by atoms with E-state index in [4.69, 9.17) is 11.6 Å². The number of halogens is 4. The van der Waals surface area contributed by atoms with Crippen LogP contribution in [0.1, 0.15) is 11.1 Å². The lowest BCUT2D eigenvalue weighted by atomic mass is 10.2. The number of carbonyl (C=O) groups excluding carboxylic acids is 1. The van der Waals surface area contributed by atoms with Crippen LogP contribution in [0.5, 0.6) is 0 Å². The van der Waals surface area contributed by atoms with Gasteiger partial charge in [0.05, 0.1) is 16.3 Å². The van der Waals surface area contributed by atoms with Crippen LogP contribution in [0.15, 0.2) is 46.9 Å². The molecule has 0 spiro atoms. The molecular formula is C17H13ClF3N5OS2. The van der Waals surface area contributed by atoms with Gasteiger partial charge in [0.1, 0.15) is 0 Å². The number of hydrogen-bond donors (Lipinski definition) is 2. The van der Waals surface area contributed by atoms with Gasteiger partial charge < -0.3 is 10.6 Å². The fraction of sp³-hybridized carbons (Fsp3) is 0.176. The van der Waals surface area contributed by atoms with Crippen LogP contribution >= 0.6 is 34.7 Å². The number of pyridine rings is 1. The highest BCUT2D eigenvalue weighted by molar-refractivity contribution is 8.01. The number of aromatic nitrogens is 3. The fourth-order valence-electron chi connectivity index (χ4n) is 2.09. The predicted octanol–water partition coefficient (Wildman–Crippen LogP) is 4.95. The summed E-state index contributed by atoms with van der Waals surface area (Å²) >= 11 is 8.21. The summed E-state index contributed by atoms with van der Waals surface area (Å²) in [7, 11) is 0. The van der Waals surface area contributed by atoms with Gasteiger partial charge in [0.15, 0.2) is 10.2 Å². The average molecular weight is 460 g/mol. The monoisotopic (exact) mass is 459 g/mol. The zero-order valence-corrected chi connectivity index (χ0v) is 16.9. The fourth-order valence-corrected chi connectivity index (χ4v) is 3.85. The zero-order chi connectivity index (χ0) is 20.9. The van der Waals surface area contributed by atoms with Crippen LogP contribution in [0.4, 0.5) is 24.1 Å². The van der Waals surface area contributed by atoms with Crippen LogP contribution in [0.3, 0.4) is 0 Å². The van der Waals surface area contributed by atoms with E-state index in [0.29, 0.717) is 28.3 Å². The van der Waals surface area contributed by atoms with Crippen molar-refractivity contribution >= 4 is 51.6 Å². The molecule has 3 aromatic rings. The summed E-state index contributed by atoms with van der Waals surface area (Å²) < 4.78 is 38.4. The van der Waals surface area contributed by atoms with Gasteiger partial charge in [-0.15, -0.1) is 10.2 Å². The minimum atomic E-state index is -4.56. The molecule has 1 amide bonds. The molecule has 0 atom stereocenters. The minimum absolute atomic E-state index is 0.0215. The van der Waals surface area contributed by atoms with Crippen molar-refractivity contribution in [2.45, 2.75) is 17.1 Å². The second-order valence-corrected chi connectivity index (χ2v) is 8.21. The molecule has 2 heterocycles. The van der Waals surface area contributed by atoms with Crippen LogP contribution < -0.4 is 10.6 Å². The smallest absolute Gasteiger partial charge is 0.356 e. The van der Waals surface area contributed by atoms with Crippen molar-refractivity contribution in [1.82, 2.24) is 15.2 Å². The standard InChI is InChI=1S/C17H13ClF3N5OS2/c18-12-6-11(17(19,20)21)8-22-14(12)24-13(27)9-28-16-26-25-15(29-16)23-7-10-4-2-1-3-5-10/h1-6,8H,7,9H2,(H,23,25)(H,22,24,27). The van der Waals surface area contributed by atoms with E-state index in [-0.39, 0.29) is 16.6 Å². The molecule has 0 saturated carbocycles. The van der Waals surface area contributed by atoms with Crippen molar-refractivity contribution in [2.75, 3.05) is 16.4 Å². The Labute approximate surface area is 176 Å². The maximum atomic E-state index is 12.6. The highest BCUT2D eigenvalue weighted by Gasteiger charge is 2.31. The lowest BCUT2D eigenvalue weighted by Crippen LogP contribution is -2.16. The van der Waals surface area contributed by atoms with Gasteiger partial charge in [-0.05, 0) is 11.6 Å². The number of hydrogen-bond acceptors (Lipinski definition) is 7. The zero-order valence-electron chi connectivity index (χ0n) is 14.5. The molecule has 6 nitrogen and oxygen atoms in total. The summed E-state index contributed by atoms with van der Waals surface area (Å²) in [5.74, 6) is -0.627. The first kappa shape index (κ1) is 21.3. The molecule has 0 saturated heterocycles. The Balaban J connectivity index is 1.49. The number of anilines is 2. The van der Waals surface area contributed by atoms with Crippen LogP contribution in [-0.2, 0) is 17.5 Å². The van der Waals surface area contributed by atoms with E-state index in [1.165, 1.54) is 11.3 Å². The summed E-state index contributed by atoms with van der Waals surface area (Å²) in [6.45, 7) is 0.596. The number of benzene rings is 1. The Hall–Kier alpha value is -2.37. The first-order valence-corrected chi connectivity index (χ1v) is 10.3. The second-order valence-electron chi connectivity index (χ2n) is 5.60. The molecule has 3 rings (SSSR count). The molecule has 0 radical (unpaired) electrons. The Bertz CT molecular complexity index is 985. The van der Waals surface area contributed by atoms with Gasteiger partial charge >= 0.3 is 6.18 Å². The first-order chi connectivity index (χ1) is 13.8. The van der Waals surface area contributed by atoms with Gasteiger partial charge in [0.25, 0.3) is 0 Å². The molecule has 0 fully saturated rings. The van der Waals surface area contributed by atoms with Gasteiger partial charge in [-0.3, -0.25) is 4.79 Å².